The van der Waals surface area contributed by atoms with E-state index in [9.17, 15) is 27.9 Å². The largest absolute Gasteiger partial charge is 0.384 e. The third kappa shape index (κ3) is 5.79. The lowest BCUT2D eigenvalue weighted by Crippen LogP contribution is -2.42. The topological polar surface area (TPSA) is 103 Å². The molecular weight excluding hydrogens is 561 g/mol. The molecule has 9 nitrogen and oxygen atoms in total. The molecule has 0 unspecified atom stereocenters. The summed E-state index contributed by atoms with van der Waals surface area (Å²) < 4.78 is 44.5. The molecule has 2 aliphatic rings. The lowest BCUT2D eigenvalue weighted by molar-refractivity contribution is -0.140. The van der Waals surface area contributed by atoms with Gasteiger partial charge in [-0.1, -0.05) is 12.1 Å². The van der Waals surface area contributed by atoms with Crippen molar-refractivity contribution in [1.82, 2.24) is 19.5 Å². The maximum absolute atomic E-state index is 14.6. The molecule has 224 valence electrons. The van der Waals surface area contributed by atoms with Crippen molar-refractivity contribution >= 4 is 29.0 Å². The van der Waals surface area contributed by atoms with E-state index in [1.54, 1.807) is 22.1 Å². The molecule has 2 aliphatic heterocycles. The number of amides is 2. The lowest BCUT2D eigenvalue weighted by atomic mass is 9.89. The molecule has 2 N–H and O–H groups in total. The van der Waals surface area contributed by atoms with Crippen molar-refractivity contribution in [1.29, 1.82) is 0 Å². The first-order chi connectivity index (χ1) is 20.7. The van der Waals surface area contributed by atoms with Gasteiger partial charge in [-0.25, -0.2) is 22.7 Å². The number of nitrogens with one attached hydrogen (secondary N) is 1. The Morgan fingerprint density at radius 2 is 1.81 bits per heavy atom. The molecule has 0 spiro atoms. The molecule has 6 rings (SSSR count). The second-order valence-corrected chi connectivity index (χ2v) is 11.1. The third-order valence-electron chi connectivity index (χ3n) is 8.26. The van der Waals surface area contributed by atoms with Crippen LogP contribution >= 0.6 is 0 Å². The Morgan fingerprint density at radius 3 is 2.53 bits per heavy atom. The minimum Gasteiger partial charge on any atom is -0.384 e. The number of hydrogen-bond donors (Lipinski definition) is 2. The molecule has 4 aromatic rings. The Hall–Kier alpha value is -4.45. The van der Waals surface area contributed by atoms with Crippen LogP contribution in [0, 0.1) is 11.6 Å². The monoisotopic (exact) mass is 592 g/mol. The summed E-state index contributed by atoms with van der Waals surface area (Å²) >= 11 is 0. The van der Waals surface area contributed by atoms with E-state index in [1.807, 2.05) is 24.3 Å². The van der Waals surface area contributed by atoms with Crippen LogP contribution in [-0.4, -0.2) is 68.3 Å². The van der Waals surface area contributed by atoms with E-state index in [0.29, 0.717) is 24.6 Å². The van der Waals surface area contributed by atoms with Crippen LogP contribution in [-0.2, 0) is 4.79 Å². The Labute approximate surface area is 245 Å². The van der Waals surface area contributed by atoms with Crippen LogP contribution in [0.25, 0.3) is 5.65 Å². The number of carbonyl (C=O) groups excluding carboxylic acids is 2. The molecular formula is C31H31F3N6O3. The van der Waals surface area contributed by atoms with E-state index in [-0.39, 0.29) is 41.6 Å². The fourth-order valence-electron chi connectivity index (χ4n) is 6.02. The highest BCUT2D eigenvalue weighted by Crippen LogP contribution is 2.38. The van der Waals surface area contributed by atoms with Gasteiger partial charge in [0.05, 0.1) is 18.8 Å². The SMILES string of the molecule is C[C@@H](O)C(=O)N1CCC(c2ccc(NC(=O)c3cnn4ccc(N5C[C@@H](F)C[C@@H]5c5cc(F)ccc5F)nc34)cc2)CC1. The number of halogens is 3. The van der Waals surface area contributed by atoms with Gasteiger partial charge in [-0.05, 0) is 67.6 Å². The molecule has 0 bridgehead atoms. The second-order valence-electron chi connectivity index (χ2n) is 11.1. The van der Waals surface area contributed by atoms with Crippen molar-refractivity contribution in [2.24, 2.45) is 0 Å². The fourth-order valence-corrected chi connectivity index (χ4v) is 6.02. The number of aliphatic hydroxyl groups is 1. The van der Waals surface area contributed by atoms with E-state index >= 15 is 0 Å². The summed E-state index contributed by atoms with van der Waals surface area (Å²) in [5.74, 6) is -1.34. The van der Waals surface area contributed by atoms with Gasteiger partial charge in [0.1, 0.15) is 35.3 Å². The van der Waals surface area contributed by atoms with Crippen LogP contribution in [0.15, 0.2) is 60.9 Å². The molecule has 2 fully saturated rings. The number of rotatable bonds is 6. The predicted molar refractivity (Wildman–Crippen MR) is 154 cm³/mol. The summed E-state index contributed by atoms with van der Waals surface area (Å²) in [5, 5.41) is 16.6. The molecule has 2 aromatic heterocycles. The van der Waals surface area contributed by atoms with Gasteiger partial charge in [-0.3, -0.25) is 9.59 Å². The average Bonchev–Trinajstić information content (AvgIpc) is 3.61. The first-order valence-electron chi connectivity index (χ1n) is 14.3. The molecule has 4 heterocycles. The standard InChI is InChI=1S/C31H31F3N6O3/c1-18(41)31(43)38-11-8-20(9-12-38)19-2-5-23(6-3-19)36-30(42)25-16-35-40-13-10-28(37-29(25)40)39-17-22(33)15-27(39)24-14-21(32)4-7-26(24)34/h2-7,10,13-14,16,18,20,22,27,41H,8-9,11-12,15,17H2,1H3,(H,36,42)/t18-,22+,27-/m1/s1. The molecule has 0 aliphatic carbocycles. The minimum absolute atomic E-state index is 0.0189. The summed E-state index contributed by atoms with van der Waals surface area (Å²) in [5.41, 5.74) is 2.17. The lowest BCUT2D eigenvalue weighted by Gasteiger charge is -2.33. The van der Waals surface area contributed by atoms with Crippen LogP contribution < -0.4 is 10.2 Å². The number of aromatic nitrogens is 3. The van der Waals surface area contributed by atoms with Crippen molar-refractivity contribution in [3.05, 3.63) is 89.2 Å². The van der Waals surface area contributed by atoms with Crippen molar-refractivity contribution in [3.8, 4) is 0 Å². The van der Waals surface area contributed by atoms with E-state index in [4.69, 9.17) is 0 Å². The minimum atomic E-state index is -1.26. The number of fused-ring (bicyclic) bond motifs is 1. The smallest absolute Gasteiger partial charge is 0.261 e. The second kappa shape index (κ2) is 11.7. The molecule has 2 saturated heterocycles. The van der Waals surface area contributed by atoms with Gasteiger partial charge in [-0.2, -0.15) is 5.10 Å². The van der Waals surface area contributed by atoms with Crippen molar-refractivity contribution in [2.75, 3.05) is 29.9 Å². The first kappa shape index (κ1) is 28.7. The summed E-state index contributed by atoms with van der Waals surface area (Å²) in [4.78, 5) is 33.2. The number of alkyl halides is 1. The number of likely N-dealkylation sites (tertiary alicyclic amines) is 1. The maximum Gasteiger partial charge on any atom is 0.261 e. The highest BCUT2D eigenvalue weighted by molar-refractivity contribution is 6.08. The van der Waals surface area contributed by atoms with E-state index in [2.05, 4.69) is 15.4 Å². The Morgan fingerprint density at radius 1 is 1.07 bits per heavy atom. The molecule has 12 heteroatoms. The van der Waals surface area contributed by atoms with E-state index < -0.39 is 35.9 Å². The Balaban J connectivity index is 1.17. The average molecular weight is 593 g/mol. The van der Waals surface area contributed by atoms with Crippen molar-refractivity contribution < 1.29 is 27.9 Å². The summed E-state index contributed by atoms with van der Waals surface area (Å²) in [7, 11) is 0. The van der Waals surface area contributed by atoms with Crippen LogP contribution in [0.2, 0.25) is 0 Å². The zero-order valence-corrected chi connectivity index (χ0v) is 23.5. The van der Waals surface area contributed by atoms with Crippen LogP contribution in [0.4, 0.5) is 24.7 Å². The highest BCUT2D eigenvalue weighted by atomic mass is 19.1. The van der Waals surface area contributed by atoms with Crippen LogP contribution in [0.3, 0.4) is 0 Å². The van der Waals surface area contributed by atoms with Gasteiger partial charge in [-0.15, -0.1) is 0 Å². The van der Waals surface area contributed by atoms with Gasteiger partial charge in [0, 0.05) is 37.0 Å². The molecule has 0 saturated carbocycles. The van der Waals surface area contributed by atoms with Gasteiger partial charge in [0.2, 0.25) is 0 Å². The van der Waals surface area contributed by atoms with Gasteiger partial charge in [0.25, 0.3) is 11.8 Å². The quantitative estimate of drug-likeness (QED) is 0.338. The van der Waals surface area contributed by atoms with Crippen LogP contribution in [0.5, 0.6) is 0 Å². The normalized spacial score (nSPS) is 20.0. The number of piperidine rings is 1. The predicted octanol–water partition coefficient (Wildman–Crippen LogP) is 4.64. The summed E-state index contributed by atoms with van der Waals surface area (Å²) in [6.45, 7) is 2.59. The Kier molecular flexibility index (Phi) is 7.78. The van der Waals surface area contributed by atoms with Gasteiger partial charge < -0.3 is 20.2 Å². The molecule has 2 amide bonds. The molecule has 0 radical (unpaired) electrons. The zero-order chi connectivity index (χ0) is 30.2. The third-order valence-corrected chi connectivity index (χ3v) is 8.26. The number of anilines is 2. The molecule has 2 aromatic carbocycles. The number of nitrogens with zero attached hydrogens (tertiary/aromatic N) is 5. The van der Waals surface area contributed by atoms with E-state index in [0.717, 1.165) is 36.6 Å². The number of carbonyl (C=O) groups is 2. The number of aliphatic hydroxyl groups excluding tert-OH is 1. The fraction of sp³-hybridized carbons (Fsp3) is 0.355. The number of benzene rings is 2. The van der Waals surface area contributed by atoms with Crippen molar-refractivity contribution in [2.45, 2.75) is 50.4 Å². The Bertz CT molecular complexity index is 1650. The van der Waals surface area contributed by atoms with Gasteiger partial charge >= 0.3 is 0 Å². The molecule has 43 heavy (non-hydrogen) atoms. The molecule has 3 atom stereocenters. The summed E-state index contributed by atoms with van der Waals surface area (Å²) in [6.07, 6.45) is 2.27. The van der Waals surface area contributed by atoms with Crippen LogP contribution in [0.1, 0.15) is 59.6 Å². The zero-order valence-electron chi connectivity index (χ0n) is 23.5. The van der Waals surface area contributed by atoms with E-state index in [1.165, 1.54) is 17.6 Å². The van der Waals surface area contributed by atoms with Gasteiger partial charge in [0.15, 0.2) is 5.65 Å². The maximum atomic E-state index is 14.6. The number of hydrogen-bond acceptors (Lipinski definition) is 6. The first-order valence-corrected chi connectivity index (χ1v) is 14.3. The summed E-state index contributed by atoms with van der Waals surface area (Å²) in [6, 6.07) is 11.5. The highest BCUT2D eigenvalue weighted by Gasteiger charge is 2.36. The van der Waals surface area contributed by atoms with Crippen molar-refractivity contribution in [3.63, 3.8) is 0 Å².